The lowest BCUT2D eigenvalue weighted by Crippen LogP contribution is -2.58. The summed E-state index contributed by atoms with van der Waals surface area (Å²) in [5, 5.41) is 0. The van der Waals surface area contributed by atoms with Crippen LogP contribution >= 0.6 is 11.8 Å². The number of rotatable bonds is 2. The standard InChI is InChI=1S/C30H30N2O2S/c1-19-14-20(2)16-22(15-19)31-25(33)17-35-30(31)24-13-9-12-23-26(24)32(27(30)34)28(3,4)18-29(23,5)21-10-7-6-8-11-21/h6-16H,17-18H2,1-5H3/t29-,30+/m0/s1. The highest BCUT2D eigenvalue weighted by Gasteiger charge is 2.65. The molecule has 2 amide bonds. The van der Waals surface area contributed by atoms with Gasteiger partial charge >= 0.3 is 0 Å². The molecule has 0 radical (unpaired) electrons. The normalized spacial score (nSPS) is 26.5. The maximum atomic E-state index is 14.6. The number of nitrogens with zero attached hydrogens (tertiary/aromatic N) is 2. The van der Waals surface area contributed by atoms with Crippen LogP contribution in [0, 0.1) is 13.8 Å². The second-order valence-corrected chi connectivity index (χ2v) is 12.2. The van der Waals surface area contributed by atoms with Crippen LogP contribution in [0.3, 0.4) is 0 Å². The number of hydrogen-bond acceptors (Lipinski definition) is 3. The molecule has 35 heavy (non-hydrogen) atoms. The zero-order chi connectivity index (χ0) is 24.8. The number of fused-ring (bicyclic) bond motifs is 1. The first-order valence-electron chi connectivity index (χ1n) is 12.2. The van der Waals surface area contributed by atoms with E-state index in [1.165, 1.54) is 17.3 Å². The van der Waals surface area contributed by atoms with E-state index in [2.05, 4.69) is 69.3 Å². The van der Waals surface area contributed by atoms with Crippen LogP contribution in [0.25, 0.3) is 0 Å². The number of amides is 2. The van der Waals surface area contributed by atoms with E-state index in [9.17, 15) is 9.59 Å². The molecule has 178 valence electrons. The molecule has 0 unspecified atom stereocenters. The number of thioether (sulfide) groups is 1. The summed E-state index contributed by atoms with van der Waals surface area (Å²) in [6.07, 6.45) is 0.796. The summed E-state index contributed by atoms with van der Waals surface area (Å²) >= 11 is 1.46. The Balaban J connectivity index is 1.64. The predicted molar refractivity (Wildman–Crippen MR) is 143 cm³/mol. The average molecular weight is 483 g/mol. The molecule has 1 spiro atoms. The molecule has 5 heteroatoms. The minimum Gasteiger partial charge on any atom is -0.303 e. The monoisotopic (exact) mass is 482 g/mol. The molecular formula is C30H30N2O2S. The number of hydrogen-bond donors (Lipinski definition) is 0. The molecule has 3 heterocycles. The summed E-state index contributed by atoms with van der Waals surface area (Å²) in [6.45, 7) is 10.7. The summed E-state index contributed by atoms with van der Waals surface area (Å²) in [7, 11) is 0. The third kappa shape index (κ3) is 2.88. The topological polar surface area (TPSA) is 40.6 Å². The van der Waals surface area contributed by atoms with Gasteiger partial charge in [0, 0.05) is 22.2 Å². The van der Waals surface area contributed by atoms with Gasteiger partial charge in [-0.15, -0.1) is 11.8 Å². The van der Waals surface area contributed by atoms with Gasteiger partial charge in [0.1, 0.15) is 0 Å². The fraction of sp³-hybridized carbons (Fsp3) is 0.333. The largest absolute Gasteiger partial charge is 0.303 e. The third-order valence-corrected chi connectivity index (χ3v) is 9.33. The van der Waals surface area contributed by atoms with Crippen LogP contribution in [-0.2, 0) is 19.9 Å². The van der Waals surface area contributed by atoms with Crippen molar-refractivity contribution < 1.29 is 9.59 Å². The lowest BCUT2D eigenvalue weighted by molar-refractivity contribution is -0.124. The second-order valence-electron chi connectivity index (χ2n) is 11.0. The lowest BCUT2D eigenvalue weighted by Gasteiger charge is -2.50. The van der Waals surface area contributed by atoms with Crippen LogP contribution in [0.2, 0.25) is 0 Å². The van der Waals surface area contributed by atoms with E-state index in [1.54, 1.807) is 4.90 Å². The Bertz CT molecular complexity index is 1380. The summed E-state index contributed by atoms with van der Waals surface area (Å²) in [4.78, 5) is 30.7. The Morgan fingerprint density at radius 3 is 2.14 bits per heavy atom. The molecule has 0 N–H and O–H groups in total. The van der Waals surface area contributed by atoms with E-state index in [-0.39, 0.29) is 23.0 Å². The molecule has 0 aliphatic carbocycles. The van der Waals surface area contributed by atoms with E-state index in [0.29, 0.717) is 0 Å². The van der Waals surface area contributed by atoms with Crippen molar-refractivity contribution in [2.45, 2.75) is 56.9 Å². The fourth-order valence-corrected chi connectivity index (χ4v) is 8.12. The molecule has 4 nitrogen and oxygen atoms in total. The Labute approximate surface area is 211 Å². The van der Waals surface area contributed by atoms with Gasteiger partial charge in [-0.05, 0) is 68.5 Å². The highest BCUT2D eigenvalue weighted by molar-refractivity contribution is 8.02. The molecule has 3 aromatic rings. The van der Waals surface area contributed by atoms with E-state index in [4.69, 9.17) is 0 Å². The Kier molecular flexibility index (Phi) is 4.63. The Morgan fingerprint density at radius 1 is 0.800 bits per heavy atom. The van der Waals surface area contributed by atoms with E-state index >= 15 is 0 Å². The molecule has 0 saturated carbocycles. The van der Waals surface area contributed by atoms with Gasteiger partial charge in [-0.3, -0.25) is 14.5 Å². The maximum absolute atomic E-state index is 14.6. The second kappa shape index (κ2) is 7.23. The van der Waals surface area contributed by atoms with Gasteiger partial charge in [0.15, 0.2) is 0 Å². The van der Waals surface area contributed by atoms with Gasteiger partial charge in [0.25, 0.3) is 5.91 Å². The number of carbonyl (C=O) groups is 2. The van der Waals surface area contributed by atoms with E-state index < -0.39 is 10.4 Å². The van der Waals surface area contributed by atoms with Gasteiger partial charge in [0.2, 0.25) is 10.8 Å². The van der Waals surface area contributed by atoms with Crippen molar-refractivity contribution in [1.82, 2.24) is 0 Å². The van der Waals surface area contributed by atoms with Crippen molar-refractivity contribution in [3.8, 4) is 0 Å². The van der Waals surface area contributed by atoms with Crippen molar-refractivity contribution in [2.24, 2.45) is 0 Å². The fourth-order valence-electron chi connectivity index (χ4n) is 6.78. The van der Waals surface area contributed by atoms with Crippen LogP contribution in [0.5, 0.6) is 0 Å². The van der Waals surface area contributed by atoms with Gasteiger partial charge in [-0.25, -0.2) is 0 Å². The maximum Gasteiger partial charge on any atom is 0.269 e. The SMILES string of the molecule is Cc1cc(C)cc(N2C(=O)CS[C@]23C(=O)N2c4c(cccc43)[C@](C)(c3ccccc3)CC2(C)C)c1. The molecule has 2 atom stereocenters. The Hall–Kier alpha value is -3.05. The first-order chi connectivity index (χ1) is 16.6. The molecular weight excluding hydrogens is 452 g/mol. The molecule has 3 aromatic carbocycles. The van der Waals surface area contributed by atoms with Crippen molar-refractivity contribution >= 4 is 35.0 Å². The summed E-state index contributed by atoms with van der Waals surface area (Å²) in [5.74, 6) is 0.261. The van der Waals surface area contributed by atoms with Crippen LogP contribution in [0.15, 0.2) is 66.7 Å². The first-order valence-corrected chi connectivity index (χ1v) is 13.2. The number of benzene rings is 3. The van der Waals surface area contributed by atoms with E-state index in [0.717, 1.165) is 40.0 Å². The van der Waals surface area contributed by atoms with Crippen LogP contribution in [0.4, 0.5) is 11.4 Å². The van der Waals surface area contributed by atoms with Crippen molar-refractivity contribution in [3.63, 3.8) is 0 Å². The van der Waals surface area contributed by atoms with Gasteiger partial charge in [0.05, 0.1) is 11.4 Å². The highest BCUT2D eigenvalue weighted by atomic mass is 32.2. The van der Waals surface area contributed by atoms with Gasteiger partial charge < -0.3 is 4.90 Å². The number of para-hydroxylation sites is 1. The van der Waals surface area contributed by atoms with E-state index in [1.807, 2.05) is 36.9 Å². The van der Waals surface area contributed by atoms with Crippen molar-refractivity contribution in [1.29, 1.82) is 0 Å². The highest BCUT2D eigenvalue weighted by Crippen LogP contribution is 2.62. The quantitative estimate of drug-likeness (QED) is 0.445. The molecule has 3 aliphatic heterocycles. The number of anilines is 2. The van der Waals surface area contributed by atoms with Gasteiger partial charge in [-0.1, -0.05) is 61.5 Å². The zero-order valence-corrected chi connectivity index (χ0v) is 21.7. The smallest absolute Gasteiger partial charge is 0.269 e. The predicted octanol–water partition coefficient (Wildman–Crippen LogP) is 6.07. The molecule has 3 aliphatic rings. The summed E-state index contributed by atoms with van der Waals surface area (Å²) < 4.78 is 0. The van der Waals surface area contributed by atoms with Gasteiger partial charge in [-0.2, -0.15) is 0 Å². The van der Waals surface area contributed by atoms with Crippen molar-refractivity contribution in [3.05, 3.63) is 94.5 Å². The van der Waals surface area contributed by atoms with Crippen LogP contribution < -0.4 is 9.80 Å². The minimum absolute atomic E-state index is 0.00456. The molecule has 0 aromatic heterocycles. The lowest BCUT2D eigenvalue weighted by atomic mass is 9.65. The molecule has 1 saturated heterocycles. The van der Waals surface area contributed by atoms with Crippen molar-refractivity contribution in [2.75, 3.05) is 15.6 Å². The molecule has 0 bridgehead atoms. The minimum atomic E-state index is -1.08. The summed E-state index contributed by atoms with van der Waals surface area (Å²) in [6, 6.07) is 23.0. The summed E-state index contributed by atoms with van der Waals surface area (Å²) in [5.41, 5.74) is 6.61. The number of carbonyl (C=O) groups excluding carboxylic acids is 2. The number of aryl methyl sites for hydroxylation is 2. The van der Waals surface area contributed by atoms with Crippen LogP contribution in [-0.4, -0.2) is 23.1 Å². The molecule has 1 fully saturated rings. The molecule has 6 rings (SSSR count). The average Bonchev–Trinajstić information content (AvgIpc) is 3.28. The third-order valence-electron chi connectivity index (χ3n) is 7.95. The zero-order valence-electron chi connectivity index (χ0n) is 20.9. The van der Waals surface area contributed by atoms with Crippen LogP contribution in [0.1, 0.15) is 55.0 Å². The first kappa shape index (κ1) is 22.4. The Morgan fingerprint density at radius 2 is 1.46 bits per heavy atom.